The smallest absolute Gasteiger partial charge is 0.305 e. The quantitative estimate of drug-likeness (QED) is 0.461. The van der Waals surface area contributed by atoms with Gasteiger partial charge in [0.2, 0.25) is 5.91 Å². The Morgan fingerprint density at radius 1 is 1.50 bits per heavy atom. The summed E-state index contributed by atoms with van der Waals surface area (Å²) in [6, 6.07) is -0.502. The van der Waals surface area contributed by atoms with Crippen molar-refractivity contribution in [1.82, 2.24) is 5.32 Å². The molecule has 82 valence electrons. The molecule has 0 aliphatic carbocycles. The predicted molar refractivity (Wildman–Crippen MR) is 52.5 cm³/mol. The van der Waals surface area contributed by atoms with Crippen LogP contribution in [0.4, 0.5) is 0 Å². The molecule has 0 aromatic rings. The molecule has 0 bridgehead atoms. The first-order valence-electron chi connectivity index (χ1n) is 4.76. The van der Waals surface area contributed by atoms with Crippen molar-refractivity contribution in [2.45, 2.75) is 32.7 Å². The first kappa shape index (κ1) is 12.9. The van der Waals surface area contributed by atoms with Crippen molar-refractivity contribution in [3.05, 3.63) is 0 Å². The summed E-state index contributed by atoms with van der Waals surface area (Å²) in [7, 11) is 0. The van der Waals surface area contributed by atoms with Crippen molar-refractivity contribution in [2.75, 3.05) is 13.2 Å². The van der Waals surface area contributed by atoms with Gasteiger partial charge in [-0.3, -0.25) is 9.59 Å². The molecule has 1 atom stereocenters. The minimum Gasteiger partial charge on any atom is -0.466 e. The molecule has 0 saturated carbocycles. The molecular formula is C9H18N2O3. The first-order valence-corrected chi connectivity index (χ1v) is 4.76. The summed E-state index contributed by atoms with van der Waals surface area (Å²) in [5.74, 6) is -0.434. The molecule has 3 N–H and O–H groups in total. The summed E-state index contributed by atoms with van der Waals surface area (Å²) < 4.78 is 4.72. The molecule has 0 rings (SSSR count). The highest BCUT2D eigenvalue weighted by Gasteiger charge is 2.06. The number of hydrogen-bond acceptors (Lipinski definition) is 4. The van der Waals surface area contributed by atoms with Gasteiger partial charge in [0, 0.05) is 13.0 Å². The van der Waals surface area contributed by atoms with Crippen LogP contribution in [0.5, 0.6) is 0 Å². The highest BCUT2D eigenvalue weighted by Crippen LogP contribution is 1.91. The molecule has 5 heteroatoms. The number of ether oxygens (including phenoxy) is 1. The van der Waals surface area contributed by atoms with Crippen molar-refractivity contribution in [3.63, 3.8) is 0 Å². The van der Waals surface area contributed by atoms with Gasteiger partial charge in [0.15, 0.2) is 0 Å². The van der Waals surface area contributed by atoms with Crippen LogP contribution in [0.2, 0.25) is 0 Å². The number of nitrogens with one attached hydrogen (secondary N) is 1. The average molecular weight is 202 g/mol. The molecule has 0 aliphatic rings. The van der Waals surface area contributed by atoms with Crippen LogP contribution in [0.3, 0.4) is 0 Å². The average Bonchev–Trinajstić information content (AvgIpc) is 2.12. The van der Waals surface area contributed by atoms with E-state index in [0.717, 1.165) is 0 Å². The number of rotatable bonds is 6. The lowest BCUT2D eigenvalue weighted by Gasteiger charge is -2.06. The van der Waals surface area contributed by atoms with Crippen molar-refractivity contribution in [1.29, 1.82) is 0 Å². The van der Waals surface area contributed by atoms with Gasteiger partial charge in [0.1, 0.15) is 0 Å². The van der Waals surface area contributed by atoms with E-state index in [9.17, 15) is 9.59 Å². The maximum atomic E-state index is 11.0. The zero-order valence-corrected chi connectivity index (χ0v) is 8.71. The second-order valence-electron chi connectivity index (χ2n) is 2.99. The number of esters is 1. The Morgan fingerprint density at radius 3 is 2.64 bits per heavy atom. The predicted octanol–water partition coefficient (Wildman–Crippen LogP) is -0.207. The Balaban J connectivity index is 3.38. The zero-order chi connectivity index (χ0) is 11.0. The van der Waals surface area contributed by atoms with E-state index in [0.29, 0.717) is 26.0 Å². The number of nitrogens with two attached hydrogens (primary N) is 1. The number of carbonyl (C=O) groups excluding carboxylic acids is 2. The Hall–Kier alpha value is -1.10. The van der Waals surface area contributed by atoms with E-state index in [4.69, 9.17) is 10.5 Å². The van der Waals surface area contributed by atoms with Gasteiger partial charge < -0.3 is 15.8 Å². The minimum atomic E-state index is -0.502. The fourth-order valence-electron chi connectivity index (χ4n) is 0.838. The van der Waals surface area contributed by atoms with Gasteiger partial charge in [0.25, 0.3) is 0 Å². The summed E-state index contributed by atoms with van der Waals surface area (Å²) in [6.45, 7) is 4.22. The van der Waals surface area contributed by atoms with Crippen molar-refractivity contribution in [3.8, 4) is 0 Å². The lowest BCUT2D eigenvalue weighted by Crippen LogP contribution is -2.38. The first-order chi connectivity index (χ1) is 6.57. The Kier molecular flexibility index (Phi) is 6.74. The lowest BCUT2D eigenvalue weighted by molar-refractivity contribution is -0.143. The Labute approximate surface area is 84.0 Å². The lowest BCUT2D eigenvalue weighted by atomic mass is 10.3. The van der Waals surface area contributed by atoms with Crippen molar-refractivity contribution in [2.24, 2.45) is 5.73 Å². The van der Waals surface area contributed by atoms with E-state index >= 15 is 0 Å². The molecule has 0 unspecified atom stereocenters. The number of amides is 1. The van der Waals surface area contributed by atoms with Crippen molar-refractivity contribution >= 4 is 11.9 Å². The molecule has 0 saturated heterocycles. The molecule has 5 nitrogen and oxygen atoms in total. The van der Waals surface area contributed by atoms with Gasteiger partial charge in [-0.1, -0.05) is 0 Å². The van der Waals surface area contributed by atoms with Crippen molar-refractivity contribution < 1.29 is 14.3 Å². The van der Waals surface area contributed by atoms with E-state index in [1.54, 1.807) is 13.8 Å². The van der Waals surface area contributed by atoms with Crippen LogP contribution in [0.15, 0.2) is 0 Å². The molecule has 14 heavy (non-hydrogen) atoms. The Morgan fingerprint density at radius 2 is 2.14 bits per heavy atom. The van der Waals surface area contributed by atoms with Gasteiger partial charge in [-0.25, -0.2) is 0 Å². The monoisotopic (exact) mass is 202 g/mol. The van der Waals surface area contributed by atoms with Crippen LogP contribution < -0.4 is 11.1 Å². The minimum absolute atomic E-state index is 0.200. The van der Waals surface area contributed by atoms with E-state index in [1.807, 2.05) is 0 Å². The van der Waals surface area contributed by atoms with Crippen LogP contribution in [-0.4, -0.2) is 31.1 Å². The maximum absolute atomic E-state index is 11.0. The van der Waals surface area contributed by atoms with E-state index in [1.165, 1.54) is 0 Å². The third-order valence-electron chi connectivity index (χ3n) is 1.58. The van der Waals surface area contributed by atoms with Gasteiger partial charge in [-0.05, 0) is 20.3 Å². The summed E-state index contributed by atoms with van der Waals surface area (Å²) in [4.78, 5) is 21.8. The summed E-state index contributed by atoms with van der Waals surface area (Å²) in [5.41, 5.74) is 5.32. The standard InChI is InChI=1S/C9H18N2O3/c1-3-14-8(12)5-4-6-11-9(13)7(2)10/h7H,3-6,10H2,1-2H3,(H,11,13)/t7-/m1/s1. The third-order valence-corrected chi connectivity index (χ3v) is 1.58. The molecule has 0 radical (unpaired) electrons. The van der Waals surface area contributed by atoms with E-state index in [2.05, 4.69) is 5.32 Å². The van der Waals surface area contributed by atoms with Crippen LogP contribution in [0.25, 0.3) is 0 Å². The fourth-order valence-corrected chi connectivity index (χ4v) is 0.838. The molecule has 0 aliphatic heterocycles. The van der Waals surface area contributed by atoms with Gasteiger partial charge in [-0.15, -0.1) is 0 Å². The molecular weight excluding hydrogens is 184 g/mol. The molecule has 0 spiro atoms. The SMILES string of the molecule is CCOC(=O)CCCNC(=O)[C@@H](C)N. The van der Waals surface area contributed by atoms with E-state index < -0.39 is 6.04 Å². The van der Waals surface area contributed by atoms with Crippen LogP contribution in [-0.2, 0) is 14.3 Å². The molecule has 0 fully saturated rings. The topological polar surface area (TPSA) is 81.4 Å². The second-order valence-corrected chi connectivity index (χ2v) is 2.99. The Bertz CT molecular complexity index is 192. The van der Waals surface area contributed by atoms with Crippen LogP contribution in [0.1, 0.15) is 26.7 Å². The van der Waals surface area contributed by atoms with Crippen LogP contribution >= 0.6 is 0 Å². The summed E-state index contributed by atoms with van der Waals surface area (Å²) >= 11 is 0. The fraction of sp³-hybridized carbons (Fsp3) is 0.778. The maximum Gasteiger partial charge on any atom is 0.305 e. The van der Waals surface area contributed by atoms with E-state index in [-0.39, 0.29) is 11.9 Å². The van der Waals surface area contributed by atoms with Gasteiger partial charge in [0.05, 0.1) is 12.6 Å². The summed E-state index contributed by atoms with van der Waals surface area (Å²) in [5, 5.41) is 2.61. The van der Waals surface area contributed by atoms with Gasteiger partial charge >= 0.3 is 5.97 Å². The summed E-state index contributed by atoms with van der Waals surface area (Å²) in [6.07, 6.45) is 0.907. The molecule has 0 heterocycles. The number of carbonyl (C=O) groups is 2. The molecule has 0 aromatic carbocycles. The third kappa shape index (κ3) is 6.42. The second kappa shape index (κ2) is 7.32. The van der Waals surface area contributed by atoms with Crippen LogP contribution in [0, 0.1) is 0 Å². The largest absolute Gasteiger partial charge is 0.466 e. The number of hydrogen-bond donors (Lipinski definition) is 2. The molecule has 0 aromatic heterocycles. The highest BCUT2D eigenvalue weighted by atomic mass is 16.5. The normalized spacial score (nSPS) is 11.9. The zero-order valence-electron chi connectivity index (χ0n) is 8.71. The highest BCUT2D eigenvalue weighted by molar-refractivity contribution is 5.80. The van der Waals surface area contributed by atoms with Gasteiger partial charge in [-0.2, -0.15) is 0 Å². The molecule has 1 amide bonds.